The van der Waals surface area contributed by atoms with Crippen molar-refractivity contribution in [3.8, 4) is 11.5 Å². The van der Waals surface area contributed by atoms with Gasteiger partial charge in [0.25, 0.3) is 0 Å². The minimum absolute atomic E-state index is 0.0606. The first-order valence-corrected chi connectivity index (χ1v) is 6.89. The van der Waals surface area contributed by atoms with E-state index < -0.39 is 0 Å². The number of carbonyl (C=O) groups is 1. The molecule has 2 aromatic rings. The summed E-state index contributed by atoms with van der Waals surface area (Å²) in [5.74, 6) is 1.11. The lowest BCUT2D eigenvalue weighted by atomic mass is 9.98. The number of hydrogen-bond acceptors (Lipinski definition) is 3. The van der Waals surface area contributed by atoms with Crippen LogP contribution in [0.1, 0.15) is 21.5 Å². The summed E-state index contributed by atoms with van der Waals surface area (Å²) in [6.45, 7) is 1.91. The molecule has 104 valence electrons. The van der Waals surface area contributed by atoms with Gasteiger partial charge >= 0.3 is 0 Å². The zero-order valence-electron chi connectivity index (χ0n) is 11.6. The molecule has 4 heteroatoms. The Kier molecular flexibility index (Phi) is 4.45. The number of halogens is 1. The molecule has 0 atom stereocenters. The molecule has 0 N–H and O–H groups in total. The fourth-order valence-corrected chi connectivity index (χ4v) is 2.49. The highest BCUT2D eigenvalue weighted by Gasteiger charge is 2.17. The van der Waals surface area contributed by atoms with Gasteiger partial charge in [-0.3, -0.25) is 4.79 Å². The molecule has 0 amide bonds. The quantitative estimate of drug-likeness (QED) is 0.792. The summed E-state index contributed by atoms with van der Waals surface area (Å²) < 4.78 is 11.4. The minimum Gasteiger partial charge on any atom is -0.497 e. The lowest BCUT2D eigenvalue weighted by Crippen LogP contribution is -2.06. The summed E-state index contributed by atoms with van der Waals surface area (Å²) in [6, 6.07) is 10.8. The van der Waals surface area contributed by atoms with Crippen LogP contribution >= 0.6 is 15.9 Å². The van der Waals surface area contributed by atoms with Crippen LogP contribution in [0.2, 0.25) is 0 Å². The van der Waals surface area contributed by atoms with E-state index in [4.69, 9.17) is 9.47 Å². The van der Waals surface area contributed by atoms with Crippen molar-refractivity contribution in [3.63, 3.8) is 0 Å². The normalized spacial score (nSPS) is 10.2. The van der Waals surface area contributed by atoms with Gasteiger partial charge in [0.1, 0.15) is 11.5 Å². The van der Waals surface area contributed by atoms with Gasteiger partial charge in [0, 0.05) is 16.1 Å². The molecule has 0 saturated carbocycles. The van der Waals surface area contributed by atoms with Crippen molar-refractivity contribution < 1.29 is 14.3 Å². The highest BCUT2D eigenvalue weighted by atomic mass is 79.9. The van der Waals surface area contributed by atoms with Gasteiger partial charge in [-0.2, -0.15) is 0 Å². The smallest absolute Gasteiger partial charge is 0.197 e. The van der Waals surface area contributed by atoms with Gasteiger partial charge in [0.2, 0.25) is 0 Å². The first-order chi connectivity index (χ1) is 9.56. The van der Waals surface area contributed by atoms with Crippen LogP contribution in [0.25, 0.3) is 0 Å². The lowest BCUT2D eigenvalue weighted by molar-refractivity contribution is 0.103. The second kappa shape index (κ2) is 6.09. The molecule has 0 fully saturated rings. The van der Waals surface area contributed by atoms with E-state index in [-0.39, 0.29) is 5.78 Å². The fraction of sp³-hybridized carbons (Fsp3) is 0.188. The lowest BCUT2D eigenvalue weighted by Gasteiger charge is -2.11. The van der Waals surface area contributed by atoms with E-state index in [9.17, 15) is 4.79 Å². The van der Waals surface area contributed by atoms with Gasteiger partial charge in [-0.1, -0.05) is 15.9 Å². The Morgan fingerprint density at radius 3 is 2.30 bits per heavy atom. The Morgan fingerprint density at radius 1 is 1.00 bits per heavy atom. The van der Waals surface area contributed by atoms with Crippen LogP contribution in [-0.2, 0) is 0 Å². The standard InChI is InChI=1S/C16H15BrO3/c1-10-8-11(17)4-6-13(10)16(18)14-7-5-12(19-2)9-15(14)20-3/h4-9H,1-3H3. The fourth-order valence-electron chi connectivity index (χ4n) is 2.01. The van der Waals surface area contributed by atoms with Crippen molar-refractivity contribution in [1.29, 1.82) is 0 Å². The Bertz CT molecular complexity index is 650. The van der Waals surface area contributed by atoms with Crippen LogP contribution in [0, 0.1) is 6.92 Å². The molecule has 20 heavy (non-hydrogen) atoms. The number of ketones is 1. The van der Waals surface area contributed by atoms with Crippen LogP contribution < -0.4 is 9.47 Å². The number of hydrogen-bond donors (Lipinski definition) is 0. The zero-order valence-corrected chi connectivity index (χ0v) is 13.2. The maximum absolute atomic E-state index is 12.6. The van der Waals surface area contributed by atoms with E-state index in [0.29, 0.717) is 22.6 Å². The maximum atomic E-state index is 12.6. The van der Waals surface area contributed by atoms with E-state index in [1.807, 2.05) is 25.1 Å². The molecular formula is C16H15BrO3. The SMILES string of the molecule is COc1ccc(C(=O)c2ccc(Br)cc2C)c(OC)c1. The van der Waals surface area contributed by atoms with Gasteiger partial charge in [-0.15, -0.1) is 0 Å². The molecule has 0 spiro atoms. The zero-order chi connectivity index (χ0) is 14.7. The maximum Gasteiger partial charge on any atom is 0.197 e. The summed E-state index contributed by atoms with van der Waals surface area (Å²) >= 11 is 3.40. The third-order valence-electron chi connectivity index (χ3n) is 3.09. The topological polar surface area (TPSA) is 35.5 Å². The Labute approximate surface area is 126 Å². The van der Waals surface area contributed by atoms with Crippen LogP contribution in [0.4, 0.5) is 0 Å². The summed E-state index contributed by atoms with van der Waals surface area (Å²) in [5, 5.41) is 0. The Balaban J connectivity index is 2.47. The van der Waals surface area contributed by atoms with E-state index in [1.54, 1.807) is 32.4 Å². The number of aryl methyl sites for hydroxylation is 1. The summed E-state index contributed by atoms with van der Waals surface area (Å²) in [7, 11) is 3.12. The van der Waals surface area contributed by atoms with Gasteiger partial charge in [0.15, 0.2) is 5.78 Å². The molecule has 0 unspecified atom stereocenters. The van der Waals surface area contributed by atoms with Crippen molar-refractivity contribution in [2.24, 2.45) is 0 Å². The molecule has 0 bridgehead atoms. The minimum atomic E-state index is -0.0606. The number of rotatable bonds is 4. The van der Waals surface area contributed by atoms with Gasteiger partial charge in [-0.05, 0) is 42.8 Å². The second-order valence-electron chi connectivity index (χ2n) is 4.35. The van der Waals surface area contributed by atoms with Crippen molar-refractivity contribution in [1.82, 2.24) is 0 Å². The number of ether oxygens (including phenoxy) is 2. The third kappa shape index (κ3) is 2.85. The van der Waals surface area contributed by atoms with Crippen molar-refractivity contribution in [3.05, 3.63) is 57.6 Å². The first-order valence-electron chi connectivity index (χ1n) is 6.09. The molecular weight excluding hydrogens is 320 g/mol. The Morgan fingerprint density at radius 2 is 1.70 bits per heavy atom. The third-order valence-corrected chi connectivity index (χ3v) is 3.58. The molecule has 2 rings (SSSR count). The van der Waals surface area contributed by atoms with Crippen LogP contribution in [0.15, 0.2) is 40.9 Å². The largest absolute Gasteiger partial charge is 0.497 e. The molecule has 0 radical (unpaired) electrons. The molecule has 3 nitrogen and oxygen atoms in total. The van der Waals surface area contributed by atoms with Crippen LogP contribution in [-0.4, -0.2) is 20.0 Å². The average molecular weight is 335 g/mol. The second-order valence-corrected chi connectivity index (χ2v) is 5.27. The predicted octanol–water partition coefficient (Wildman–Crippen LogP) is 4.01. The highest BCUT2D eigenvalue weighted by molar-refractivity contribution is 9.10. The van der Waals surface area contributed by atoms with Crippen molar-refractivity contribution in [2.45, 2.75) is 6.92 Å². The number of methoxy groups -OCH3 is 2. The van der Waals surface area contributed by atoms with Crippen molar-refractivity contribution >= 4 is 21.7 Å². The van der Waals surface area contributed by atoms with E-state index in [0.717, 1.165) is 10.0 Å². The van der Waals surface area contributed by atoms with Gasteiger partial charge < -0.3 is 9.47 Å². The summed E-state index contributed by atoms with van der Waals surface area (Å²) in [5.41, 5.74) is 2.11. The highest BCUT2D eigenvalue weighted by Crippen LogP contribution is 2.28. The van der Waals surface area contributed by atoms with Crippen LogP contribution in [0.3, 0.4) is 0 Å². The molecule has 0 aromatic heterocycles. The molecule has 2 aromatic carbocycles. The molecule has 0 aliphatic carbocycles. The molecule has 0 saturated heterocycles. The average Bonchev–Trinajstić information content (AvgIpc) is 2.46. The van der Waals surface area contributed by atoms with Gasteiger partial charge in [0.05, 0.1) is 19.8 Å². The summed E-state index contributed by atoms with van der Waals surface area (Å²) in [6.07, 6.45) is 0. The Hall–Kier alpha value is -1.81. The first kappa shape index (κ1) is 14.6. The van der Waals surface area contributed by atoms with E-state index >= 15 is 0 Å². The predicted molar refractivity (Wildman–Crippen MR) is 81.9 cm³/mol. The van der Waals surface area contributed by atoms with E-state index in [1.165, 1.54) is 0 Å². The molecule has 0 aliphatic heterocycles. The van der Waals surface area contributed by atoms with Crippen LogP contribution in [0.5, 0.6) is 11.5 Å². The summed E-state index contributed by atoms with van der Waals surface area (Å²) in [4.78, 5) is 12.6. The number of benzene rings is 2. The van der Waals surface area contributed by atoms with Gasteiger partial charge in [-0.25, -0.2) is 0 Å². The molecule has 0 heterocycles. The monoisotopic (exact) mass is 334 g/mol. The number of carbonyl (C=O) groups excluding carboxylic acids is 1. The van der Waals surface area contributed by atoms with E-state index in [2.05, 4.69) is 15.9 Å². The molecule has 0 aliphatic rings. The van der Waals surface area contributed by atoms with Crippen molar-refractivity contribution in [2.75, 3.05) is 14.2 Å².